The van der Waals surface area contributed by atoms with Crippen molar-refractivity contribution in [3.05, 3.63) is 40.3 Å². The summed E-state index contributed by atoms with van der Waals surface area (Å²) in [5, 5.41) is 2.76. The lowest BCUT2D eigenvalue weighted by atomic mass is 9.98. The van der Waals surface area contributed by atoms with Crippen molar-refractivity contribution in [2.24, 2.45) is 9.98 Å². The molecule has 0 radical (unpaired) electrons. The van der Waals surface area contributed by atoms with Crippen LogP contribution in [0.3, 0.4) is 0 Å². The van der Waals surface area contributed by atoms with Gasteiger partial charge in [0, 0.05) is 29.8 Å². The first-order valence-electron chi connectivity index (χ1n) is 7.87. The molecule has 138 valence electrons. The largest absolute Gasteiger partial charge is 0.367 e. The second-order valence-electron chi connectivity index (χ2n) is 5.82. The summed E-state index contributed by atoms with van der Waals surface area (Å²) in [5.74, 6) is -1.46. The molecule has 0 fully saturated rings. The molecule has 0 saturated heterocycles. The third-order valence-electron chi connectivity index (χ3n) is 3.87. The van der Waals surface area contributed by atoms with Gasteiger partial charge in [-0.2, -0.15) is 0 Å². The zero-order valence-corrected chi connectivity index (χ0v) is 15.3. The van der Waals surface area contributed by atoms with Crippen LogP contribution in [0.15, 0.2) is 33.9 Å². The highest BCUT2D eigenvalue weighted by Crippen LogP contribution is 2.32. The zero-order chi connectivity index (χ0) is 18.9. The molecule has 2 aliphatic rings. The van der Waals surface area contributed by atoms with Gasteiger partial charge >= 0.3 is 0 Å². The van der Waals surface area contributed by atoms with E-state index in [-0.39, 0.29) is 27.6 Å². The van der Waals surface area contributed by atoms with E-state index in [2.05, 4.69) is 20.0 Å². The average molecular weight is 399 g/mol. The molecule has 26 heavy (non-hydrogen) atoms. The molecule has 2 unspecified atom stereocenters. The van der Waals surface area contributed by atoms with E-state index in [0.717, 1.165) is 12.1 Å². The molecule has 2 atom stereocenters. The number of sulfonamides is 1. The Morgan fingerprint density at radius 1 is 1.35 bits per heavy atom. The molecule has 10 heteroatoms. The van der Waals surface area contributed by atoms with Gasteiger partial charge < -0.3 is 5.32 Å². The van der Waals surface area contributed by atoms with Gasteiger partial charge in [0.2, 0.25) is 10.0 Å². The summed E-state index contributed by atoms with van der Waals surface area (Å²) in [6, 6.07) is 1.39. The minimum Gasteiger partial charge on any atom is -0.367 e. The number of hydrogen-bond donors (Lipinski definition) is 2. The third-order valence-corrected chi connectivity index (χ3v) is 5.75. The highest BCUT2D eigenvalue weighted by Gasteiger charge is 2.35. The van der Waals surface area contributed by atoms with Crippen molar-refractivity contribution < 1.29 is 17.6 Å². The smallest absolute Gasteiger partial charge is 0.232 e. The van der Waals surface area contributed by atoms with E-state index in [1.165, 1.54) is 18.6 Å². The van der Waals surface area contributed by atoms with E-state index in [4.69, 9.17) is 11.6 Å². The Bertz CT molecular complexity index is 943. The van der Waals surface area contributed by atoms with Gasteiger partial charge in [-0.15, -0.1) is 0 Å². The minimum atomic E-state index is -3.69. The molecule has 2 aliphatic heterocycles. The number of fused-ring (bicyclic) bond motifs is 1. The summed E-state index contributed by atoms with van der Waals surface area (Å²) in [6.45, 7) is 1.70. The predicted octanol–water partition coefficient (Wildman–Crippen LogP) is 2.15. The maximum atomic E-state index is 14.0. The first-order valence-corrected chi connectivity index (χ1v) is 9.90. The van der Waals surface area contributed by atoms with Crippen LogP contribution in [0, 0.1) is 5.82 Å². The lowest BCUT2D eigenvalue weighted by Gasteiger charge is -2.18. The second-order valence-corrected chi connectivity index (χ2v) is 8.04. The Balaban J connectivity index is 1.94. The van der Waals surface area contributed by atoms with E-state index in [1.807, 2.05) is 0 Å². The summed E-state index contributed by atoms with van der Waals surface area (Å²) < 4.78 is 40.2. The molecular formula is C16H16ClFN4O3S. The summed E-state index contributed by atoms with van der Waals surface area (Å²) in [5.41, 5.74) is -0.0333. The number of hydrogen-bond acceptors (Lipinski definition) is 6. The van der Waals surface area contributed by atoms with Crippen LogP contribution >= 0.6 is 11.6 Å². The number of anilines is 1. The fourth-order valence-corrected chi connectivity index (χ4v) is 4.18. The number of carbonyl (C=O) groups is 1. The molecule has 7 nitrogen and oxygen atoms in total. The van der Waals surface area contributed by atoms with Crippen LogP contribution in [0.1, 0.15) is 23.7 Å². The van der Waals surface area contributed by atoms with Crippen molar-refractivity contribution in [3.8, 4) is 0 Å². The number of Topliss-reactive ketones (excluding diaryl/α,β-unsaturated/α-hetero) is 1. The maximum Gasteiger partial charge on any atom is 0.232 e. The van der Waals surface area contributed by atoms with Gasteiger partial charge in [0.05, 0.1) is 16.5 Å². The first-order chi connectivity index (χ1) is 12.3. The fourth-order valence-electron chi connectivity index (χ4n) is 2.74. The van der Waals surface area contributed by atoms with E-state index < -0.39 is 33.8 Å². The number of ketones is 1. The number of benzene rings is 1. The topological polar surface area (TPSA) is 100.0 Å². The Morgan fingerprint density at radius 3 is 2.81 bits per heavy atom. The highest BCUT2D eigenvalue weighted by atomic mass is 35.5. The highest BCUT2D eigenvalue weighted by molar-refractivity contribution is 7.92. The Morgan fingerprint density at radius 2 is 2.08 bits per heavy atom. The number of rotatable bonds is 6. The van der Waals surface area contributed by atoms with Crippen molar-refractivity contribution in [3.63, 3.8) is 0 Å². The van der Waals surface area contributed by atoms with E-state index in [0.29, 0.717) is 6.42 Å². The third kappa shape index (κ3) is 3.63. The molecule has 2 N–H and O–H groups in total. The SMILES string of the molecule is CCCS(=O)(=O)Nc1cc(F)cc(C(=O)C2=CNC3N=CC=NC23)c1Cl. The zero-order valence-electron chi connectivity index (χ0n) is 13.7. The van der Waals surface area contributed by atoms with Crippen LogP contribution in [0.25, 0.3) is 0 Å². The molecule has 0 bridgehead atoms. The molecule has 0 spiro atoms. The summed E-state index contributed by atoms with van der Waals surface area (Å²) >= 11 is 6.21. The van der Waals surface area contributed by atoms with Gasteiger partial charge in [-0.25, -0.2) is 12.8 Å². The number of carbonyl (C=O) groups excluding carboxylic acids is 1. The Labute approximate surface area is 155 Å². The van der Waals surface area contributed by atoms with Crippen molar-refractivity contribution in [2.75, 3.05) is 10.5 Å². The van der Waals surface area contributed by atoms with Crippen molar-refractivity contribution in [2.45, 2.75) is 25.6 Å². The number of nitrogens with one attached hydrogen (secondary N) is 2. The van der Waals surface area contributed by atoms with Crippen LogP contribution in [0.4, 0.5) is 10.1 Å². The van der Waals surface area contributed by atoms with Gasteiger partial charge in [0.1, 0.15) is 18.0 Å². The summed E-state index contributed by atoms with van der Waals surface area (Å²) in [7, 11) is -3.69. The fraction of sp³-hybridized carbons (Fsp3) is 0.312. The molecule has 0 saturated carbocycles. The lowest BCUT2D eigenvalue weighted by Crippen LogP contribution is -2.32. The average Bonchev–Trinajstić information content (AvgIpc) is 3.01. The predicted molar refractivity (Wildman–Crippen MR) is 99.2 cm³/mol. The monoisotopic (exact) mass is 398 g/mol. The second kappa shape index (κ2) is 7.16. The lowest BCUT2D eigenvalue weighted by molar-refractivity contribution is 0.102. The first kappa shape index (κ1) is 18.5. The molecule has 0 amide bonds. The van der Waals surface area contributed by atoms with Gasteiger partial charge in [-0.3, -0.25) is 19.5 Å². The quantitative estimate of drug-likeness (QED) is 0.717. The summed E-state index contributed by atoms with van der Waals surface area (Å²) in [6.07, 6.45) is 4.46. The molecule has 0 aliphatic carbocycles. The van der Waals surface area contributed by atoms with Gasteiger partial charge in [0.15, 0.2) is 5.78 Å². The molecule has 1 aromatic carbocycles. The van der Waals surface area contributed by atoms with Crippen LogP contribution in [0.5, 0.6) is 0 Å². The Hall–Kier alpha value is -2.26. The van der Waals surface area contributed by atoms with E-state index in [1.54, 1.807) is 6.92 Å². The number of aliphatic imine (C=N–C) groups is 2. The van der Waals surface area contributed by atoms with Crippen molar-refractivity contribution in [1.82, 2.24) is 5.32 Å². The van der Waals surface area contributed by atoms with Gasteiger partial charge in [-0.05, 0) is 18.6 Å². The van der Waals surface area contributed by atoms with Gasteiger partial charge in [0.25, 0.3) is 0 Å². The molecular weight excluding hydrogens is 383 g/mol. The van der Waals surface area contributed by atoms with E-state index in [9.17, 15) is 17.6 Å². The van der Waals surface area contributed by atoms with Crippen LogP contribution < -0.4 is 10.0 Å². The van der Waals surface area contributed by atoms with Crippen molar-refractivity contribution >= 4 is 45.5 Å². The van der Waals surface area contributed by atoms with Gasteiger partial charge in [-0.1, -0.05) is 18.5 Å². The standard InChI is InChI=1S/C16H16ClFN4O3S/c1-2-5-26(24,25)22-12-7-9(18)6-10(13(12)17)15(23)11-8-21-16-14(11)19-3-4-20-16/h3-4,6-8,14,16,21-22H,2,5H2,1H3. The molecule has 0 aromatic heterocycles. The van der Waals surface area contributed by atoms with Crippen LogP contribution in [0.2, 0.25) is 5.02 Å². The van der Waals surface area contributed by atoms with Crippen LogP contribution in [-0.4, -0.2) is 44.6 Å². The van der Waals surface area contributed by atoms with E-state index >= 15 is 0 Å². The summed E-state index contributed by atoms with van der Waals surface area (Å²) in [4.78, 5) is 21.2. The molecule has 1 aromatic rings. The molecule has 2 heterocycles. The minimum absolute atomic E-state index is 0.140. The normalized spacial score (nSPS) is 21.1. The maximum absolute atomic E-state index is 14.0. The molecule has 3 rings (SSSR count). The Kier molecular flexibility index (Phi) is 5.10. The van der Waals surface area contributed by atoms with Crippen LogP contribution in [-0.2, 0) is 10.0 Å². The van der Waals surface area contributed by atoms with Crippen molar-refractivity contribution in [1.29, 1.82) is 0 Å². The number of halogens is 2. The number of nitrogens with zero attached hydrogens (tertiary/aromatic N) is 2.